The van der Waals surface area contributed by atoms with Crippen LogP contribution in [0.3, 0.4) is 0 Å². The Kier molecular flexibility index (Phi) is 8.81. The summed E-state index contributed by atoms with van der Waals surface area (Å²) in [5.41, 5.74) is 6.38. The van der Waals surface area contributed by atoms with Crippen LogP contribution < -0.4 is 5.32 Å². The van der Waals surface area contributed by atoms with Gasteiger partial charge in [0.15, 0.2) is 5.78 Å². The molecule has 1 heterocycles. The van der Waals surface area contributed by atoms with Gasteiger partial charge in [-0.1, -0.05) is 54.6 Å². The van der Waals surface area contributed by atoms with Crippen LogP contribution in [-0.4, -0.2) is 36.2 Å². The molecule has 4 rings (SSSR count). The molecule has 0 unspecified atom stereocenters. The quantitative estimate of drug-likeness (QED) is 0.353. The fraction of sp³-hybridized carbons (Fsp3) is 0.286. The summed E-state index contributed by atoms with van der Waals surface area (Å²) in [6, 6.07) is 24.0. The van der Waals surface area contributed by atoms with Crippen LogP contribution in [0, 0.1) is 0 Å². The Hall–Kier alpha value is -2.95. The van der Waals surface area contributed by atoms with Crippen LogP contribution in [0.1, 0.15) is 51.6 Å². The third-order valence-corrected chi connectivity index (χ3v) is 6.14. The maximum atomic E-state index is 12.4. The third-order valence-electron chi connectivity index (χ3n) is 6.14. The second-order valence-electron chi connectivity index (χ2n) is 8.47. The molecule has 3 aromatic carbocycles. The average molecular weight is 463 g/mol. The largest absolute Gasteiger partial charge is 0.352 e. The summed E-state index contributed by atoms with van der Waals surface area (Å²) in [5.74, 6) is 0.101. The molecule has 0 atom stereocenters. The lowest BCUT2D eigenvalue weighted by atomic mass is 9.96. The van der Waals surface area contributed by atoms with E-state index in [-0.39, 0.29) is 24.1 Å². The Balaban J connectivity index is 0.00000306. The van der Waals surface area contributed by atoms with Crippen LogP contribution in [0.15, 0.2) is 72.8 Å². The Morgan fingerprint density at radius 1 is 0.848 bits per heavy atom. The van der Waals surface area contributed by atoms with Crippen LogP contribution in [0.25, 0.3) is 11.1 Å². The van der Waals surface area contributed by atoms with Crippen molar-refractivity contribution in [1.29, 1.82) is 0 Å². The van der Waals surface area contributed by atoms with Crippen molar-refractivity contribution in [1.82, 2.24) is 10.2 Å². The molecule has 4 nitrogen and oxygen atoms in total. The van der Waals surface area contributed by atoms with Gasteiger partial charge in [-0.2, -0.15) is 0 Å². The van der Waals surface area contributed by atoms with Crippen molar-refractivity contribution in [2.24, 2.45) is 0 Å². The second-order valence-corrected chi connectivity index (χ2v) is 8.47. The zero-order chi connectivity index (χ0) is 22.3. The molecule has 33 heavy (non-hydrogen) atoms. The summed E-state index contributed by atoms with van der Waals surface area (Å²) in [7, 11) is 0. The molecular formula is C28H31ClN2O2. The van der Waals surface area contributed by atoms with Gasteiger partial charge in [0.05, 0.1) is 0 Å². The van der Waals surface area contributed by atoms with Gasteiger partial charge >= 0.3 is 0 Å². The lowest BCUT2D eigenvalue weighted by Gasteiger charge is -2.29. The minimum atomic E-state index is -0.0201. The number of carbonyl (C=O) groups is 2. The van der Waals surface area contributed by atoms with Crippen LogP contribution >= 0.6 is 12.4 Å². The number of halogens is 1. The van der Waals surface area contributed by atoms with Gasteiger partial charge in [-0.15, -0.1) is 12.4 Å². The number of Topliss-reactive ketones (excluding diaryl/α,β-unsaturated/α-hetero) is 1. The summed E-state index contributed by atoms with van der Waals surface area (Å²) in [6.45, 7) is 5.25. The van der Waals surface area contributed by atoms with Gasteiger partial charge in [0.1, 0.15) is 0 Å². The molecule has 0 aromatic heterocycles. The SMILES string of the molecule is CC(=O)c1ccc2c(c1)CN(CCCCNC(=O)c1ccc(-c3ccccc3)cc1)CC2.Cl. The van der Waals surface area contributed by atoms with Gasteiger partial charge in [-0.25, -0.2) is 0 Å². The molecule has 0 fully saturated rings. The third kappa shape index (κ3) is 6.53. The first kappa shape index (κ1) is 24.7. The van der Waals surface area contributed by atoms with E-state index in [2.05, 4.69) is 28.4 Å². The molecule has 0 saturated heterocycles. The molecule has 1 amide bonds. The van der Waals surface area contributed by atoms with Crippen molar-refractivity contribution in [3.05, 3.63) is 95.1 Å². The van der Waals surface area contributed by atoms with E-state index in [4.69, 9.17) is 0 Å². The first-order valence-corrected chi connectivity index (χ1v) is 11.4. The van der Waals surface area contributed by atoms with Crippen LogP contribution in [0.5, 0.6) is 0 Å². The van der Waals surface area contributed by atoms with E-state index in [1.807, 2.05) is 54.6 Å². The molecule has 1 aliphatic rings. The van der Waals surface area contributed by atoms with Crippen molar-refractivity contribution >= 4 is 24.1 Å². The highest BCUT2D eigenvalue weighted by atomic mass is 35.5. The van der Waals surface area contributed by atoms with E-state index >= 15 is 0 Å². The number of hydrogen-bond donors (Lipinski definition) is 1. The topological polar surface area (TPSA) is 49.4 Å². The lowest BCUT2D eigenvalue weighted by molar-refractivity contribution is 0.0951. The van der Waals surface area contributed by atoms with E-state index in [0.29, 0.717) is 12.1 Å². The Morgan fingerprint density at radius 3 is 2.27 bits per heavy atom. The molecular weight excluding hydrogens is 432 g/mol. The molecule has 5 heteroatoms. The van der Waals surface area contributed by atoms with Crippen LogP contribution in [0.2, 0.25) is 0 Å². The number of hydrogen-bond acceptors (Lipinski definition) is 3. The van der Waals surface area contributed by atoms with Crippen LogP contribution in [0.4, 0.5) is 0 Å². The molecule has 0 spiro atoms. The summed E-state index contributed by atoms with van der Waals surface area (Å²) < 4.78 is 0. The zero-order valence-electron chi connectivity index (χ0n) is 19.0. The summed E-state index contributed by atoms with van der Waals surface area (Å²) in [6.07, 6.45) is 3.02. The highest BCUT2D eigenvalue weighted by Crippen LogP contribution is 2.21. The summed E-state index contributed by atoms with van der Waals surface area (Å²) in [4.78, 5) is 26.5. The number of rotatable bonds is 8. The van der Waals surface area contributed by atoms with Crippen molar-refractivity contribution in [3.8, 4) is 11.1 Å². The van der Waals surface area contributed by atoms with E-state index in [1.165, 1.54) is 11.1 Å². The highest BCUT2D eigenvalue weighted by molar-refractivity contribution is 5.95. The maximum Gasteiger partial charge on any atom is 0.251 e. The summed E-state index contributed by atoms with van der Waals surface area (Å²) in [5, 5.41) is 3.04. The van der Waals surface area contributed by atoms with E-state index in [1.54, 1.807) is 6.92 Å². The molecule has 3 aromatic rings. The van der Waals surface area contributed by atoms with E-state index in [0.717, 1.165) is 55.6 Å². The zero-order valence-corrected chi connectivity index (χ0v) is 19.9. The average Bonchev–Trinajstić information content (AvgIpc) is 2.84. The van der Waals surface area contributed by atoms with Crippen molar-refractivity contribution in [2.75, 3.05) is 19.6 Å². The predicted octanol–water partition coefficient (Wildman–Crippen LogP) is 5.55. The number of benzene rings is 3. The normalized spacial score (nSPS) is 13.0. The van der Waals surface area contributed by atoms with Gasteiger partial charge in [-0.3, -0.25) is 14.5 Å². The van der Waals surface area contributed by atoms with Gasteiger partial charge in [0, 0.05) is 30.8 Å². The smallest absolute Gasteiger partial charge is 0.251 e. The molecule has 1 N–H and O–H groups in total. The number of nitrogens with one attached hydrogen (secondary N) is 1. The minimum absolute atomic E-state index is 0. The molecule has 0 saturated carbocycles. The molecule has 0 radical (unpaired) electrons. The van der Waals surface area contributed by atoms with Crippen molar-refractivity contribution < 1.29 is 9.59 Å². The predicted molar refractivity (Wildman–Crippen MR) is 136 cm³/mol. The van der Waals surface area contributed by atoms with Crippen molar-refractivity contribution in [2.45, 2.75) is 32.7 Å². The molecule has 0 bridgehead atoms. The Morgan fingerprint density at radius 2 is 1.55 bits per heavy atom. The van der Waals surface area contributed by atoms with E-state index in [9.17, 15) is 9.59 Å². The van der Waals surface area contributed by atoms with E-state index < -0.39 is 0 Å². The minimum Gasteiger partial charge on any atom is -0.352 e. The standard InChI is InChI=1S/C28H30N2O2.ClH/c1-21(31)26-14-11-24-15-18-30(20-27(24)19-26)17-6-5-16-29-28(32)25-12-9-23(10-13-25)22-7-3-2-4-8-22;/h2-4,7-14,19H,5-6,15-18,20H2,1H3,(H,29,32);1H. The second kappa shape index (κ2) is 11.8. The summed E-state index contributed by atoms with van der Waals surface area (Å²) >= 11 is 0. The number of fused-ring (bicyclic) bond motifs is 1. The van der Waals surface area contributed by atoms with Crippen LogP contribution in [-0.2, 0) is 13.0 Å². The van der Waals surface area contributed by atoms with Gasteiger partial charge in [-0.05, 0) is 73.2 Å². The fourth-order valence-electron chi connectivity index (χ4n) is 4.23. The molecule has 0 aliphatic carbocycles. The fourth-order valence-corrected chi connectivity index (χ4v) is 4.23. The Bertz CT molecular complexity index is 1080. The number of carbonyl (C=O) groups excluding carboxylic acids is 2. The van der Waals surface area contributed by atoms with Gasteiger partial charge in [0.25, 0.3) is 5.91 Å². The van der Waals surface area contributed by atoms with Crippen molar-refractivity contribution in [3.63, 3.8) is 0 Å². The van der Waals surface area contributed by atoms with Gasteiger partial charge in [0.2, 0.25) is 0 Å². The monoisotopic (exact) mass is 462 g/mol. The number of ketones is 1. The number of amides is 1. The first-order chi connectivity index (χ1) is 15.6. The lowest BCUT2D eigenvalue weighted by Crippen LogP contribution is -2.32. The highest BCUT2D eigenvalue weighted by Gasteiger charge is 2.17. The molecule has 172 valence electrons. The van der Waals surface area contributed by atoms with Gasteiger partial charge < -0.3 is 5.32 Å². The first-order valence-electron chi connectivity index (χ1n) is 11.4. The maximum absolute atomic E-state index is 12.4. The molecule has 1 aliphatic heterocycles. The number of nitrogens with zero attached hydrogens (tertiary/aromatic N) is 1. The Labute approximate surface area is 202 Å². The number of unbranched alkanes of at least 4 members (excludes halogenated alkanes) is 1.